The van der Waals surface area contributed by atoms with Crippen molar-refractivity contribution >= 4 is 23.2 Å². The molecule has 206 valence electrons. The summed E-state index contributed by atoms with van der Waals surface area (Å²) in [7, 11) is 4.94. The minimum Gasteiger partial charge on any atom is -0.493 e. The number of hydrogen-bond acceptors (Lipinski definition) is 9. The largest absolute Gasteiger partial charge is 0.493 e. The Morgan fingerprint density at radius 3 is 2.37 bits per heavy atom. The summed E-state index contributed by atoms with van der Waals surface area (Å²) >= 11 is 0. The van der Waals surface area contributed by atoms with Gasteiger partial charge in [0.05, 0.1) is 13.7 Å². The molecule has 0 saturated carbocycles. The van der Waals surface area contributed by atoms with E-state index >= 15 is 0 Å². The lowest BCUT2D eigenvalue weighted by molar-refractivity contribution is -0.121. The van der Waals surface area contributed by atoms with Gasteiger partial charge in [0.25, 0.3) is 5.91 Å². The number of ketones is 1. The zero-order valence-corrected chi connectivity index (χ0v) is 23.9. The third-order valence-electron chi connectivity index (χ3n) is 6.38. The molecule has 2 aliphatic rings. The molecule has 0 aliphatic carbocycles. The fraction of sp³-hybridized carbons (Fsp3) is 0.500. The average Bonchev–Trinajstić information content (AvgIpc) is 3.20. The number of allylic oxidation sites excluding steroid dienone is 1. The van der Waals surface area contributed by atoms with Crippen molar-refractivity contribution in [3.63, 3.8) is 0 Å². The Morgan fingerprint density at radius 1 is 1.13 bits per heavy atom. The number of benzene rings is 1. The number of nitrogens with zero attached hydrogens (tertiary/aromatic N) is 5. The summed E-state index contributed by atoms with van der Waals surface area (Å²) in [4.78, 5) is 27.9. The third kappa shape index (κ3) is 5.60. The number of fused-ring (bicyclic) bond motifs is 1. The van der Waals surface area contributed by atoms with Gasteiger partial charge in [-0.15, -0.1) is 0 Å². The third-order valence-corrected chi connectivity index (χ3v) is 6.38. The Balaban J connectivity index is 2.02. The molecule has 10 nitrogen and oxygen atoms in total. The van der Waals surface area contributed by atoms with Crippen molar-refractivity contribution in [3.8, 4) is 11.5 Å². The van der Waals surface area contributed by atoms with E-state index in [4.69, 9.17) is 14.6 Å². The summed E-state index contributed by atoms with van der Waals surface area (Å²) < 4.78 is 11.4. The highest BCUT2D eigenvalue weighted by atomic mass is 16.5. The molecular formula is C28H39N5O5. The van der Waals surface area contributed by atoms with Gasteiger partial charge >= 0.3 is 0 Å². The lowest BCUT2D eigenvalue weighted by Crippen LogP contribution is -2.38. The van der Waals surface area contributed by atoms with Gasteiger partial charge in [0.15, 0.2) is 28.8 Å². The molecular weight excluding hydrogens is 486 g/mol. The predicted molar refractivity (Wildman–Crippen MR) is 147 cm³/mol. The molecule has 1 aromatic rings. The van der Waals surface area contributed by atoms with Crippen molar-refractivity contribution in [2.75, 3.05) is 41.0 Å². The normalized spacial score (nSPS) is 16.4. The molecule has 1 N–H and O–H groups in total. The van der Waals surface area contributed by atoms with E-state index < -0.39 is 0 Å². The molecule has 2 heterocycles. The number of amides is 1. The van der Waals surface area contributed by atoms with Gasteiger partial charge in [-0.05, 0) is 49.5 Å². The van der Waals surface area contributed by atoms with Gasteiger partial charge in [-0.3, -0.25) is 9.59 Å². The van der Waals surface area contributed by atoms with Crippen LogP contribution < -0.4 is 9.47 Å². The maximum absolute atomic E-state index is 13.7. The predicted octanol–water partition coefficient (Wildman–Crippen LogP) is 3.52. The summed E-state index contributed by atoms with van der Waals surface area (Å²) in [5, 5.41) is 21.9. The zero-order chi connectivity index (χ0) is 28.4. The van der Waals surface area contributed by atoms with Crippen molar-refractivity contribution in [1.82, 2.24) is 14.9 Å². The van der Waals surface area contributed by atoms with Crippen LogP contribution in [0.25, 0.3) is 0 Å². The highest BCUT2D eigenvalue weighted by Crippen LogP contribution is 2.40. The summed E-state index contributed by atoms with van der Waals surface area (Å²) in [6.07, 6.45) is 2.62. The van der Waals surface area contributed by atoms with Gasteiger partial charge < -0.3 is 19.5 Å². The van der Waals surface area contributed by atoms with Crippen LogP contribution in [0.4, 0.5) is 0 Å². The van der Waals surface area contributed by atoms with Crippen LogP contribution in [0, 0.1) is 0 Å². The van der Waals surface area contributed by atoms with Gasteiger partial charge in [-0.1, -0.05) is 27.7 Å². The van der Waals surface area contributed by atoms with E-state index in [0.29, 0.717) is 40.9 Å². The number of methoxy groups -OCH3 is 1. The number of rotatable bonds is 9. The number of carbonyl (C=O) groups is 2. The number of amidine groups is 1. The second kappa shape index (κ2) is 11.4. The standard InChI is InChI=1S/C28H39N5O5/c1-10-11-23-32(30-26-18(3)17(2)24(29-33(23)26)27(36)31(7)8)16-21(35)19-14-20(28(4,5)6)25(37-9)22(15-19)38-13-12-34/h11,14-15,34H,10,12-13,16H2,1-9H3/b23-11+. The quantitative estimate of drug-likeness (QED) is 0.492. The first-order chi connectivity index (χ1) is 17.8. The molecule has 2 aliphatic heterocycles. The second-order valence-electron chi connectivity index (χ2n) is 10.5. The first-order valence-corrected chi connectivity index (χ1v) is 12.7. The van der Waals surface area contributed by atoms with Crippen LogP contribution in [0.15, 0.2) is 45.4 Å². The number of hydrogen-bond donors (Lipinski definition) is 1. The summed E-state index contributed by atoms with van der Waals surface area (Å²) in [5.74, 6) is 1.77. The van der Waals surface area contributed by atoms with Crippen LogP contribution in [0.2, 0.25) is 0 Å². The molecule has 0 unspecified atom stereocenters. The van der Waals surface area contributed by atoms with E-state index in [-0.39, 0.29) is 36.9 Å². The summed E-state index contributed by atoms with van der Waals surface area (Å²) in [6, 6.07) is 3.47. The monoisotopic (exact) mass is 525 g/mol. The summed E-state index contributed by atoms with van der Waals surface area (Å²) in [5.41, 5.74) is 2.85. The van der Waals surface area contributed by atoms with E-state index in [2.05, 4.69) is 5.10 Å². The highest BCUT2D eigenvalue weighted by molar-refractivity contribution is 6.46. The number of carbonyl (C=O) groups excluding carboxylic acids is 2. The van der Waals surface area contributed by atoms with E-state index in [1.54, 1.807) is 37.3 Å². The minimum absolute atomic E-state index is 0.0417. The fourth-order valence-corrected chi connectivity index (χ4v) is 4.21. The molecule has 0 fully saturated rings. The van der Waals surface area contributed by atoms with E-state index in [0.717, 1.165) is 16.7 Å². The van der Waals surface area contributed by atoms with Crippen molar-refractivity contribution in [2.45, 2.75) is 53.4 Å². The number of aliphatic hydroxyl groups excluding tert-OH is 1. The molecule has 0 bridgehead atoms. The smallest absolute Gasteiger partial charge is 0.274 e. The Bertz CT molecular complexity index is 1240. The Labute approximate surface area is 224 Å². The lowest BCUT2D eigenvalue weighted by Gasteiger charge is -2.26. The van der Waals surface area contributed by atoms with E-state index in [1.807, 2.05) is 53.7 Å². The van der Waals surface area contributed by atoms with Gasteiger partial charge in [-0.2, -0.15) is 15.2 Å². The minimum atomic E-state index is -0.329. The van der Waals surface area contributed by atoms with Gasteiger partial charge in [0, 0.05) is 30.8 Å². The van der Waals surface area contributed by atoms with Gasteiger partial charge in [-0.25, -0.2) is 5.01 Å². The fourth-order valence-electron chi connectivity index (χ4n) is 4.21. The number of hydrazone groups is 2. The molecule has 3 rings (SSSR count). The van der Waals surface area contributed by atoms with Gasteiger partial charge in [0.1, 0.15) is 19.0 Å². The maximum Gasteiger partial charge on any atom is 0.274 e. The van der Waals surface area contributed by atoms with Crippen LogP contribution in [-0.4, -0.2) is 84.2 Å². The molecule has 10 heteroatoms. The highest BCUT2D eigenvalue weighted by Gasteiger charge is 2.37. The van der Waals surface area contributed by atoms with Crippen LogP contribution in [0.5, 0.6) is 11.5 Å². The molecule has 1 aromatic carbocycles. The van der Waals surface area contributed by atoms with Crippen LogP contribution >= 0.6 is 0 Å². The molecule has 38 heavy (non-hydrogen) atoms. The molecule has 1 amide bonds. The number of Topliss-reactive ketones (excluding diaryl/α,β-unsaturated/α-hetero) is 1. The molecule has 0 aromatic heterocycles. The van der Waals surface area contributed by atoms with Crippen LogP contribution in [-0.2, 0) is 10.2 Å². The molecule has 0 atom stereocenters. The SMILES string of the molecule is CC/C=C1\N(CC(=O)c2cc(OCCO)c(OC)c(C(C)(C)C)c2)N=C2C(C)=C(C)C(C(=O)N(C)C)=NN21. The van der Waals surface area contributed by atoms with E-state index in [1.165, 1.54) is 4.90 Å². The topological polar surface area (TPSA) is 107 Å². The van der Waals surface area contributed by atoms with Crippen molar-refractivity contribution in [3.05, 3.63) is 46.3 Å². The van der Waals surface area contributed by atoms with Crippen molar-refractivity contribution < 1.29 is 24.2 Å². The number of ether oxygens (including phenoxy) is 2. The van der Waals surface area contributed by atoms with Crippen LogP contribution in [0.1, 0.15) is 63.9 Å². The Kier molecular flexibility index (Phi) is 8.66. The maximum atomic E-state index is 13.7. The Morgan fingerprint density at radius 2 is 1.82 bits per heavy atom. The first kappa shape index (κ1) is 28.9. The second-order valence-corrected chi connectivity index (χ2v) is 10.5. The first-order valence-electron chi connectivity index (χ1n) is 12.7. The molecule has 0 spiro atoms. The van der Waals surface area contributed by atoms with Crippen LogP contribution in [0.3, 0.4) is 0 Å². The van der Waals surface area contributed by atoms with Crippen molar-refractivity contribution in [2.24, 2.45) is 10.2 Å². The van der Waals surface area contributed by atoms with Gasteiger partial charge in [0.2, 0.25) is 0 Å². The lowest BCUT2D eigenvalue weighted by atomic mass is 9.84. The average molecular weight is 526 g/mol. The summed E-state index contributed by atoms with van der Waals surface area (Å²) in [6.45, 7) is 11.7. The molecule has 0 saturated heterocycles. The zero-order valence-electron chi connectivity index (χ0n) is 23.9. The van der Waals surface area contributed by atoms with E-state index in [9.17, 15) is 14.7 Å². The van der Waals surface area contributed by atoms with Crippen molar-refractivity contribution in [1.29, 1.82) is 0 Å². The number of aliphatic hydroxyl groups is 1. The molecule has 0 radical (unpaired) electrons. The Hall–Kier alpha value is -3.66.